The van der Waals surface area contributed by atoms with Gasteiger partial charge in [0.15, 0.2) is 0 Å². The second-order valence-electron chi connectivity index (χ2n) is 7.05. The van der Waals surface area contributed by atoms with E-state index in [0.29, 0.717) is 24.4 Å². The van der Waals surface area contributed by atoms with Crippen molar-refractivity contribution in [3.8, 4) is 17.0 Å². The Morgan fingerprint density at radius 2 is 1.90 bits per heavy atom. The van der Waals surface area contributed by atoms with Gasteiger partial charge in [-0.2, -0.15) is 0 Å². The zero-order valence-corrected chi connectivity index (χ0v) is 18.9. The Morgan fingerprint density at radius 1 is 1.17 bits per heavy atom. The van der Waals surface area contributed by atoms with Gasteiger partial charge in [0.25, 0.3) is 5.91 Å². The van der Waals surface area contributed by atoms with E-state index in [1.54, 1.807) is 36.6 Å². The Labute approximate surface area is 187 Å². The summed E-state index contributed by atoms with van der Waals surface area (Å²) in [4.78, 5) is 21.8. The Bertz CT molecular complexity index is 1030. The molecule has 0 aliphatic carbocycles. The molecule has 4 rings (SSSR count). The summed E-state index contributed by atoms with van der Waals surface area (Å²) in [5.74, 6) is 0.428. The van der Waals surface area contributed by atoms with E-state index >= 15 is 0 Å². The van der Waals surface area contributed by atoms with Gasteiger partial charge < -0.3 is 9.64 Å². The molecule has 1 fully saturated rings. The van der Waals surface area contributed by atoms with Crippen molar-refractivity contribution >= 4 is 33.2 Å². The first-order valence-corrected chi connectivity index (χ1v) is 11.3. The lowest BCUT2D eigenvalue weighted by Gasteiger charge is -2.34. The number of halogens is 2. The van der Waals surface area contributed by atoms with Gasteiger partial charge in [0.1, 0.15) is 16.6 Å². The van der Waals surface area contributed by atoms with Gasteiger partial charge in [-0.15, -0.1) is 11.3 Å². The maximum Gasteiger partial charge on any atom is 0.255 e. The molecule has 2 heterocycles. The fourth-order valence-corrected chi connectivity index (χ4v) is 4.66. The van der Waals surface area contributed by atoms with Gasteiger partial charge in [-0.3, -0.25) is 9.69 Å². The Kier molecular flexibility index (Phi) is 6.46. The number of amides is 1. The molecule has 0 unspecified atom stereocenters. The summed E-state index contributed by atoms with van der Waals surface area (Å²) in [6.45, 7) is 3.66. The molecule has 0 atom stereocenters. The summed E-state index contributed by atoms with van der Waals surface area (Å²) < 4.78 is 19.1. The number of thiazole rings is 1. The van der Waals surface area contributed by atoms with Crippen molar-refractivity contribution in [3.05, 3.63) is 68.7 Å². The van der Waals surface area contributed by atoms with E-state index < -0.39 is 0 Å². The van der Waals surface area contributed by atoms with Crippen LogP contribution in [0.4, 0.5) is 4.39 Å². The van der Waals surface area contributed by atoms with Crippen LogP contribution in [0, 0.1) is 5.82 Å². The molecule has 3 aromatic rings. The van der Waals surface area contributed by atoms with E-state index in [1.807, 2.05) is 22.4 Å². The first-order valence-electron chi connectivity index (χ1n) is 9.59. The highest BCUT2D eigenvalue weighted by Gasteiger charge is 2.24. The molecule has 0 spiro atoms. The summed E-state index contributed by atoms with van der Waals surface area (Å²) in [5.41, 5.74) is 2.40. The Morgan fingerprint density at radius 3 is 2.60 bits per heavy atom. The summed E-state index contributed by atoms with van der Waals surface area (Å²) in [5, 5.41) is 3.02. The van der Waals surface area contributed by atoms with E-state index in [9.17, 15) is 9.18 Å². The van der Waals surface area contributed by atoms with E-state index in [1.165, 1.54) is 12.1 Å². The molecule has 5 nitrogen and oxygen atoms in total. The van der Waals surface area contributed by atoms with Gasteiger partial charge in [0.05, 0.1) is 24.9 Å². The number of nitrogens with zero attached hydrogens (tertiary/aromatic N) is 3. The lowest BCUT2D eigenvalue weighted by atomic mass is 10.1. The summed E-state index contributed by atoms with van der Waals surface area (Å²) in [6, 6.07) is 11.8. The van der Waals surface area contributed by atoms with Gasteiger partial charge in [0.2, 0.25) is 0 Å². The van der Waals surface area contributed by atoms with Gasteiger partial charge in [-0.25, -0.2) is 9.37 Å². The zero-order valence-electron chi connectivity index (χ0n) is 16.5. The van der Waals surface area contributed by atoms with Gasteiger partial charge in [0, 0.05) is 41.6 Å². The molecular formula is C22H21BrFN3O2S. The fourth-order valence-electron chi connectivity index (χ4n) is 3.40. The van der Waals surface area contributed by atoms with Crippen LogP contribution in [0.15, 0.2) is 52.3 Å². The highest BCUT2D eigenvalue weighted by Crippen LogP contribution is 2.25. The number of rotatable bonds is 5. The maximum absolute atomic E-state index is 13.1. The predicted octanol–water partition coefficient (Wildman–Crippen LogP) is 4.68. The lowest BCUT2D eigenvalue weighted by Crippen LogP contribution is -2.48. The van der Waals surface area contributed by atoms with Crippen molar-refractivity contribution in [2.75, 3.05) is 33.3 Å². The monoisotopic (exact) mass is 489 g/mol. The molecule has 1 aliphatic heterocycles. The average Bonchev–Trinajstić information content (AvgIpc) is 3.23. The molecule has 156 valence electrons. The molecule has 1 aliphatic rings. The molecule has 1 saturated heterocycles. The minimum Gasteiger partial charge on any atom is -0.497 e. The third-order valence-electron chi connectivity index (χ3n) is 5.11. The summed E-state index contributed by atoms with van der Waals surface area (Å²) in [6.07, 6.45) is 0. The van der Waals surface area contributed by atoms with Gasteiger partial charge in [-0.05, 0) is 58.4 Å². The van der Waals surface area contributed by atoms with Crippen LogP contribution in [-0.4, -0.2) is 54.0 Å². The number of benzene rings is 2. The van der Waals surface area contributed by atoms with Crippen LogP contribution in [0.25, 0.3) is 11.3 Å². The fraction of sp³-hybridized carbons (Fsp3) is 0.273. The molecular weight excluding hydrogens is 469 g/mol. The largest absolute Gasteiger partial charge is 0.497 e. The topological polar surface area (TPSA) is 45.7 Å². The number of carbonyl (C=O) groups excluding carboxylic acids is 1. The smallest absolute Gasteiger partial charge is 0.255 e. The molecule has 0 N–H and O–H groups in total. The molecule has 1 aromatic heterocycles. The third-order valence-corrected chi connectivity index (χ3v) is 6.64. The zero-order chi connectivity index (χ0) is 21.1. The Hall–Kier alpha value is -2.29. The van der Waals surface area contributed by atoms with E-state index in [0.717, 1.165) is 40.4 Å². The van der Waals surface area contributed by atoms with E-state index in [4.69, 9.17) is 9.72 Å². The lowest BCUT2D eigenvalue weighted by molar-refractivity contribution is 0.0627. The normalized spacial score (nSPS) is 14.7. The standard InChI is InChI=1S/C22H21BrFN3O2S/c1-29-17-6-7-19(23)18(12-17)22(28)27-10-8-26(9-11-27)13-21-25-20(14-30-21)15-2-4-16(24)5-3-15/h2-7,12,14H,8-11,13H2,1H3. The molecule has 1 amide bonds. The second kappa shape index (κ2) is 9.24. The van der Waals surface area contributed by atoms with E-state index in [2.05, 4.69) is 20.8 Å². The molecule has 2 aromatic carbocycles. The van der Waals surface area contributed by atoms with Crippen LogP contribution in [0.2, 0.25) is 0 Å². The number of ether oxygens (including phenoxy) is 1. The first-order chi connectivity index (χ1) is 14.5. The van der Waals surface area contributed by atoms with Gasteiger partial charge >= 0.3 is 0 Å². The molecule has 30 heavy (non-hydrogen) atoms. The minimum atomic E-state index is -0.248. The van der Waals surface area contributed by atoms with Crippen LogP contribution in [0.1, 0.15) is 15.4 Å². The highest BCUT2D eigenvalue weighted by molar-refractivity contribution is 9.10. The summed E-state index contributed by atoms with van der Waals surface area (Å²) in [7, 11) is 1.59. The molecule has 0 bridgehead atoms. The number of hydrogen-bond donors (Lipinski definition) is 0. The van der Waals surface area contributed by atoms with Crippen molar-refractivity contribution in [1.29, 1.82) is 0 Å². The van der Waals surface area contributed by atoms with Crippen molar-refractivity contribution in [2.45, 2.75) is 6.54 Å². The first kappa shape index (κ1) is 21.0. The predicted molar refractivity (Wildman–Crippen MR) is 119 cm³/mol. The quantitative estimate of drug-likeness (QED) is 0.521. The van der Waals surface area contributed by atoms with Crippen LogP contribution < -0.4 is 4.74 Å². The molecule has 8 heteroatoms. The minimum absolute atomic E-state index is 0.00766. The van der Waals surface area contributed by atoms with Crippen LogP contribution in [0.5, 0.6) is 5.75 Å². The average molecular weight is 490 g/mol. The maximum atomic E-state index is 13.1. The molecule has 0 saturated carbocycles. The number of carbonyl (C=O) groups is 1. The van der Waals surface area contributed by atoms with E-state index in [-0.39, 0.29) is 11.7 Å². The number of hydrogen-bond acceptors (Lipinski definition) is 5. The van der Waals surface area contributed by atoms with Crippen molar-refractivity contribution in [3.63, 3.8) is 0 Å². The highest BCUT2D eigenvalue weighted by atomic mass is 79.9. The van der Waals surface area contributed by atoms with Crippen molar-refractivity contribution < 1.29 is 13.9 Å². The van der Waals surface area contributed by atoms with Crippen molar-refractivity contribution in [1.82, 2.24) is 14.8 Å². The summed E-state index contributed by atoms with van der Waals surface area (Å²) >= 11 is 5.07. The SMILES string of the molecule is COc1ccc(Br)c(C(=O)N2CCN(Cc3nc(-c4ccc(F)cc4)cs3)CC2)c1. The van der Waals surface area contributed by atoms with Gasteiger partial charge in [-0.1, -0.05) is 0 Å². The van der Waals surface area contributed by atoms with Crippen LogP contribution in [0.3, 0.4) is 0 Å². The number of aromatic nitrogens is 1. The number of piperazine rings is 1. The second-order valence-corrected chi connectivity index (χ2v) is 8.84. The van der Waals surface area contributed by atoms with Crippen molar-refractivity contribution in [2.24, 2.45) is 0 Å². The van der Waals surface area contributed by atoms with Crippen LogP contribution >= 0.6 is 27.3 Å². The number of methoxy groups -OCH3 is 1. The Balaban J connectivity index is 1.35. The van der Waals surface area contributed by atoms with Crippen LogP contribution in [-0.2, 0) is 6.54 Å². The third kappa shape index (κ3) is 4.71. The molecule has 0 radical (unpaired) electrons.